The fraction of sp³-hybridized carbons (Fsp3) is 0.917. The maximum atomic E-state index is 11.4. The van der Waals surface area contributed by atoms with Crippen molar-refractivity contribution in [2.45, 2.75) is 59.0 Å². The average Bonchev–Trinajstić information content (AvgIpc) is 2.01. The molecule has 0 aliphatic carbocycles. The molecule has 0 radical (unpaired) electrons. The molecule has 1 atom stereocenters. The van der Waals surface area contributed by atoms with Gasteiger partial charge in [0.2, 0.25) is 0 Å². The molecule has 82 valence electrons. The summed E-state index contributed by atoms with van der Waals surface area (Å²) < 4.78 is 0. The van der Waals surface area contributed by atoms with Crippen LogP contribution in [0.1, 0.15) is 47.0 Å². The Morgan fingerprint density at radius 2 is 2.00 bits per heavy atom. The van der Waals surface area contributed by atoms with Crippen LogP contribution in [0, 0.1) is 5.92 Å². The van der Waals surface area contributed by atoms with E-state index in [2.05, 4.69) is 32.6 Å². The van der Waals surface area contributed by atoms with E-state index in [4.69, 9.17) is 0 Å². The zero-order valence-corrected chi connectivity index (χ0v) is 9.92. The molecule has 2 nitrogen and oxygen atoms in total. The molecule has 2 heteroatoms. The summed E-state index contributed by atoms with van der Waals surface area (Å²) in [5.41, 5.74) is 0. The highest BCUT2D eigenvalue weighted by Crippen LogP contribution is 2.22. The van der Waals surface area contributed by atoms with Crippen LogP contribution in [0.2, 0.25) is 0 Å². The first-order valence-corrected chi connectivity index (χ1v) is 5.78. The van der Waals surface area contributed by atoms with E-state index in [9.17, 15) is 4.79 Å². The summed E-state index contributed by atoms with van der Waals surface area (Å²) in [7, 11) is 0. The van der Waals surface area contributed by atoms with Gasteiger partial charge in [0.05, 0.1) is 0 Å². The fourth-order valence-corrected chi connectivity index (χ4v) is 2.36. The minimum atomic E-state index is 0.451. The van der Waals surface area contributed by atoms with E-state index < -0.39 is 0 Å². The number of Topliss-reactive ketones (excluding diaryl/α,β-unsaturated/α-hetero) is 1. The first-order chi connectivity index (χ1) is 6.50. The molecule has 0 N–H and O–H groups in total. The molecular formula is C12H23NO. The lowest BCUT2D eigenvalue weighted by atomic mass is 9.92. The summed E-state index contributed by atoms with van der Waals surface area (Å²) in [5.74, 6) is 1.14. The second kappa shape index (κ2) is 4.92. The predicted octanol–water partition coefficient (Wildman–Crippen LogP) is 2.47. The average molecular weight is 197 g/mol. The molecule has 0 aromatic carbocycles. The molecule has 1 unspecified atom stereocenters. The van der Waals surface area contributed by atoms with Gasteiger partial charge in [0, 0.05) is 31.5 Å². The van der Waals surface area contributed by atoms with E-state index >= 15 is 0 Å². The van der Waals surface area contributed by atoms with Gasteiger partial charge >= 0.3 is 0 Å². The lowest BCUT2D eigenvalue weighted by molar-refractivity contribution is -0.124. The van der Waals surface area contributed by atoms with E-state index in [1.807, 2.05) is 0 Å². The fourth-order valence-electron chi connectivity index (χ4n) is 2.36. The smallest absolute Gasteiger partial charge is 0.135 e. The number of hydrogen-bond donors (Lipinski definition) is 0. The second-order valence-corrected chi connectivity index (χ2v) is 5.11. The lowest BCUT2D eigenvalue weighted by Gasteiger charge is -2.38. The number of likely N-dealkylation sites (tertiary alicyclic amines) is 1. The highest BCUT2D eigenvalue weighted by atomic mass is 16.1. The Balaban J connectivity index is 2.58. The van der Waals surface area contributed by atoms with Crippen molar-refractivity contribution in [2.75, 3.05) is 6.54 Å². The zero-order chi connectivity index (χ0) is 10.7. The molecule has 1 aliphatic rings. The second-order valence-electron chi connectivity index (χ2n) is 5.11. The van der Waals surface area contributed by atoms with Crippen molar-refractivity contribution in [3.05, 3.63) is 0 Å². The van der Waals surface area contributed by atoms with Crippen LogP contribution in [0.25, 0.3) is 0 Å². The number of carbonyl (C=O) groups excluding carboxylic acids is 1. The van der Waals surface area contributed by atoms with Gasteiger partial charge in [-0.2, -0.15) is 0 Å². The van der Waals surface area contributed by atoms with Crippen LogP contribution in [-0.4, -0.2) is 29.3 Å². The summed E-state index contributed by atoms with van der Waals surface area (Å²) in [5, 5.41) is 0. The highest BCUT2D eigenvalue weighted by molar-refractivity contribution is 5.80. The van der Waals surface area contributed by atoms with Gasteiger partial charge in [0.25, 0.3) is 0 Å². The first-order valence-electron chi connectivity index (χ1n) is 5.78. The van der Waals surface area contributed by atoms with Gasteiger partial charge in [-0.15, -0.1) is 0 Å². The van der Waals surface area contributed by atoms with Gasteiger partial charge in [-0.05, 0) is 26.2 Å². The van der Waals surface area contributed by atoms with Crippen LogP contribution < -0.4 is 0 Å². The third-order valence-corrected chi connectivity index (χ3v) is 2.99. The van der Waals surface area contributed by atoms with Crippen LogP contribution >= 0.6 is 0 Å². The summed E-state index contributed by atoms with van der Waals surface area (Å²) in [6.45, 7) is 9.88. The monoisotopic (exact) mass is 197 g/mol. The molecule has 0 spiro atoms. The summed E-state index contributed by atoms with van der Waals surface area (Å²) >= 11 is 0. The molecule has 0 amide bonds. The Bertz CT molecular complexity index is 198. The minimum Gasteiger partial charge on any atom is -0.300 e. The van der Waals surface area contributed by atoms with Gasteiger partial charge in [0.15, 0.2) is 0 Å². The third kappa shape index (κ3) is 3.09. The molecule has 0 aromatic rings. The Labute approximate surface area is 87.7 Å². The molecule has 1 rings (SSSR count). The van der Waals surface area contributed by atoms with Gasteiger partial charge in [0.1, 0.15) is 5.78 Å². The molecule has 1 heterocycles. The van der Waals surface area contributed by atoms with Crippen LogP contribution in [0.5, 0.6) is 0 Å². The lowest BCUT2D eigenvalue weighted by Crippen LogP contribution is -2.47. The number of nitrogens with zero attached hydrogens (tertiary/aromatic N) is 1. The van der Waals surface area contributed by atoms with E-state index in [1.165, 1.54) is 0 Å². The number of hydrogen-bond acceptors (Lipinski definition) is 2. The molecule has 1 aliphatic heterocycles. The van der Waals surface area contributed by atoms with Crippen molar-refractivity contribution in [3.8, 4) is 0 Å². The topological polar surface area (TPSA) is 20.3 Å². The third-order valence-electron chi connectivity index (χ3n) is 2.99. The predicted molar refractivity (Wildman–Crippen MR) is 59.3 cm³/mol. The number of ketones is 1. The van der Waals surface area contributed by atoms with Crippen molar-refractivity contribution in [3.63, 3.8) is 0 Å². The quantitative estimate of drug-likeness (QED) is 0.692. The van der Waals surface area contributed by atoms with Crippen LogP contribution in [-0.2, 0) is 4.79 Å². The zero-order valence-electron chi connectivity index (χ0n) is 9.92. The van der Waals surface area contributed by atoms with Gasteiger partial charge in [-0.25, -0.2) is 0 Å². The Morgan fingerprint density at radius 1 is 1.36 bits per heavy atom. The van der Waals surface area contributed by atoms with Crippen LogP contribution in [0.4, 0.5) is 0 Å². The van der Waals surface area contributed by atoms with E-state index in [0.29, 0.717) is 23.8 Å². The standard InChI is InChI=1S/C12H23NO/c1-9(2)7-11-8-12(14)5-6-13(11)10(3)4/h9-11H,5-8H2,1-4H3. The Morgan fingerprint density at radius 3 is 2.50 bits per heavy atom. The normalized spacial score (nSPS) is 25.0. The van der Waals surface area contributed by atoms with Crippen LogP contribution in [0.3, 0.4) is 0 Å². The minimum absolute atomic E-state index is 0.451. The summed E-state index contributed by atoms with van der Waals surface area (Å²) in [4.78, 5) is 13.9. The Kier molecular flexibility index (Phi) is 4.11. The largest absolute Gasteiger partial charge is 0.300 e. The first kappa shape index (κ1) is 11.7. The Hall–Kier alpha value is -0.370. The van der Waals surface area contributed by atoms with Gasteiger partial charge < -0.3 is 0 Å². The molecule has 0 aromatic heterocycles. The molecule has 0 saturated carbocycles. The van der Waals surface area contributed by atoms with Gasteiger partial charge in [-0.3, -0.25) is 9.69 Å². The van der Waals surface area contributed by atoms with Crippen molar-refractivity contribution >= 4 is 5.78 Å². The van der Waals surface area contributed by atoms with Crippen molar-refractivity contribution in [1.29, 1.82) is 0 Å². The van der Waals surface area contributed by atoms with Crippen LogP contribution in [0.15, 0.2) is 0 Å². The molecule has 1 saturated heterocycles. The van der Waals surface area contributed by atoms with Gasteiger partial charge in [-0.1, -0.05) is 13.8 Å². The molecular weight excluding hydrogens is 174 g/mol. The molecule has 14 heavy (non-hydrogen) atoms. The number of rotatable bonds is 3. The summed E-state index contributed by atoms with van der Waals surface area (Å²) in [6, 6.07) is 1.07. The maximum absolute atomic E-state index is 11.4. The van der Waals surface area contributed by atoms with Crippen molar-refractivity contribution in [1.82, 2.24) is 4.90 Å². The van der Waals surface area contributed by atoms with Crippen molar-refractivity contribution in [2.24, 2.45) is 5.92 Å². The van der Waals surface area contributed by atoms with E-state index in [1.54, 1.807) is 0 Å². The molecule has 0 bridgehead atoms. The molecule has 1 fully saturated rings. The highest BCUT2D eigenvalue weighted by Gasteiger charge is 2.28. The number of piperidine rings is 1. The SMILES string of the molecule is CC(C)CC1CC(=O)CCN1C(C)C. The number of carbonyl (C=O) groups is 1. The van der Waals surface area contributed by atoms with Crippen molar-refractivity contribution < 1.29 is 4.79 Å². The summed E-state index contributed by atoms with van der Waals surface area (Å²) in [6.07, 6.45) is 2.69. The maximum Gasteiger partial charge on any atom is 0.135 e. The van der Waals surface area contributed by atoms with E-state index in [-0.39, 0.29) is 0 Å². The van der Waals surface area contributed by atoms with E-state index in [0.717, 1.165) is 25.8 Å².